The van der Waals surface area contributed by atoms with Crippen LogP contribution in [0, 0.1) is 0 Å². The van der Waals surface area contributed by atoms with E-state index >= 15 is 0 Å². The molecule has 0 aromatic carbocycles. The molecule has 0 aromatic rings. The zero-order valence-corrected chi connectivity index (χ0v) is 8.02. The molecule has 0 aliphatic rings. The number of hydrogen-bond donors (Lipinski definition) is 3. The van der Waals surface area contributed by atoms with Crippen molar-refractivity contribution >= 4 is 11.9 Å². The lowest BCUT2D eigenvalue weighted by molar-refractivity contribution is -0.143. The molecule has 6 heteroatoms. The van der Waals surface area contributed by atoms with E-state index in [0.717, 1.165) is 0 Å². The molecular formula is C8H15NO5. The Labute approximate surface area is 81.9 Å². The summed E-state index contributed by atoms with van der Waals surface area (Å²) in [5.41, 5.74) is 0. The summed E-state index contributed by atoms with van der Waals surface area (Å²) in [5.74, 6) is -1.70. The van der Waals surface area contributed by atoms with Gasteiger partial charge in [-0.15, -0.1) is 0 Å². The molecule has 0 saturated carbocycles. The summed E-state index contributed by atoms with van der Waals surface area (Å²) in [6.45, 7) is 1.94. The topological polar surface area (TPSA) is 95.9 Å². The number of amides is 1. The maximum atomic E-state index is 11.0. The van der Waals surface area contributed by atoms with E-state index in [1.165, 1.54) is 0 Å². The molecule has 0 fully saturated rings. The molecule has 0 bridgehead atoms. The van der Waals surface area contributed by atoms with Crippen LogP contribution in [0.25, 0.3) is 0 Å². The third kappa shape index (κ3) is 5.50. The molecule has 0 unspecified atom stereocenters. The van der Waals surface area contributed by atoms with Crippen LogP contribution in [0.4, 0.5) is 0 Å². The maximum absolute atomic E-state index is 11.0. The Morgan fingerprint density at radius 1 is 1.50 bits per heavy atom. The van der Waals surface area contributed by atoms with Crippen molar-refractivity contribution in [2.24, 2.45) is 0 Å². The molecule has 0 aliphatic heterocycles. The van der Waals surface area contributed by atoms with Gasteiger partial charge in [0.15, 0.2) is 0 Å². The molecule has 0 radical (unpaired) electrons. The first-order chi connectivity index (χ1) is 6.61. The minimum atomic E-state index is -1.25. The molecule has 0 saturated heterocycles. The molecule has 6 nitrogen and oxygen atoms in total. The molecular weight excluding hydrogens is 190 g/mol. The average molecular weight is 205 g/mol. The number of rotatable bonds is 7. The summed E-state index contributed by atoms with van der Waals surface area (Å²) in [6, 6.07) is -1.23. The van der Waals surface area contributed by atoms with Gasteiger partial charge in [-0.25, -0.2) is 4.79 Å². The van der Waals surface area contributed by atoms with E-state index in [1.54, 1.807) is 6.92 Å². The van der Waals surface area contributed by atoms with E-state index < -0.39 is 24.5 Å². The molecule has 0 aliphatic carbocycles. The molecule has 82 valence electrons. The molecule has 0 heterocycles. The number of carbonyl (C=O) groups is 2. The van der Waals surface area contributed by atoms with Crippen LogP contribution in [-0.2, 0) is 14.3 Å². The summed E-state index contributed by atoms with van der Waals surface area (Å²) in [6.07, 6.45) is 0.0949. The number of hydrogen-bond acceptors (Lipinski definition) is 4. The molecule has 0 spiro atoms. The van der Waals surface area contributed by atoms with Gasteiger partial charge in [0, 0.05) is 13.0 Å². The number of nitrogens with one attached hydrogen (secondary N) is 1. The van der Waals surface area contributed by atoms with Crippen LogP contribution in [0.5, 0.6) is 0 Å². The Morgan fingerprint density at radius 3 is 2.57 bits per heavy atom. The van der Waals surface area contributed by atoms with Gasteiger partial charge in [0.2, 0.25) is 5.91 Å². The summed E-state index contributed by atoms with van der Waals surface area (Å²) in [7, 11) is 0. The summed E-state index contributed by atoms with van der Waals surface area (Å²) in [4.78, 5) is 21.4. The van der Waals surface area contributed by atoms with E-state index in [0.29, 0.717) is 6.61 Å². The van der Waals surface area contributed by atoms with Crippen molar-refractivity contribution in [3.63, 3.8) is 0 Å². The second kappa shape index (κ2) is 7.28. The van der Waals surface area contributed by atoms with Gasteiger partial charge in [-0.05, 0) is 6.92 Å². The summed E-state index contributed by atoms with van der Waals surface area (Å²) < 4.78 is 4.91. The third-order valence-corrected chi connectivity index (χ3v) is 1.49. The quantitative estimate of drug-likeness (QED) is 0.462. The van der Waals surface area contributed by atoms with Crippen LogP contribution < -0.4 is 5.32 Å². The third-order valence-electron chi connectivity index (χ3n) is 1.49. The minimum absolute atomic E-state index is 0.0949. The van der Waals surface area contributed by atoms with E-state index in [2.05, 4.69) is 5.32 Å². The lowest BCUT2D eigenvalue weighted by Gasteiger charge is -2.11. The van der Waals surface area contributed by atoms with Gasteiger partial charge in [0.05, 0.1) is 13.2 Å². The number of ether oxygens (including phenoxy) is 1. The molecule has 0 aromatic heterocycles. The van der Waals surface area contributed by atoms with Gasteiger partial charge in [-0.2, -0.15) is 0 Å². The second-order valence-electron chi connectivity index (χ2n) is 2.59. The van der Waals surface area contributed by atoms with Crippen LogP contribution >= 0.6 is 0 Å². The van der Waals surface area contributed by atoms with Crippen LogP contribution in [0.3, 0.4) is 0 Å². The Bertz CT molecular complexity index is 194. The van der Waals surface area contributed by atoms with E-state index in [4.69, 9.17) is 14.9 Å². The van der Waals surface area contributed by atoms with E-state index in [9.17, 15) is 9.59 Å². The standard InChI is InChI=1S/C8H15NO5/c1-2-14-4-3-7(11)9-6(5-10)8(12)13/h6,10H,2-5H2,1H3,(H,9,11)(H,12,13)/t6-/m0/s1. The Kier molecular flexibility index (Phi) is 6.69. The van der Waals surface area contributed by atoms with Crippen molar-refractivity contribution in [3.8, 4) is 0 Å². The van der Waals surface area contributed by atoms with Gasteiger partial charge in [0.1, 0.15) is 6.04 Å². The molecule has 1 amide bonds. The Hall–Kier alpha value is -1.14. The van der Waals surface area contributed by atoms with Crippen molar-refractivity contribution in [1.82, 2.24) is 5.32 Å². The first-order valence-electron chi connectivity index (χ1n) is 4.32. The Balaban J connectivity index is 3.74. The van der Waals surface area contributed by atoms with E-state index in [-0.39, 0.29) is 13.0 Å². The fourth-order valence-corrected chi connectivity index (χ4v) is 0.761. The second-order valence-corrected chi connectivity index (χ2v) is 2.59. The predicted molar refractivity (Wildman–Crippen MR) is 47.8 cm³/mol. The normalized spacial score (nSPS) is 12.1. The predicted octanol–water partition coefficient (Wildman–Crippen LogP) is -1.03. The van der Waals surface area contributed by atoms with Crippen LogP contribution in [0.15, 0.2) is 0 Å². The molecule has 14 heavy (non-hydrogen) atoms. The highest BCUT2D eigenvalue weighted by Crippen LogP contribution is 1.87. The zero-order chi connectivity index (χ0) is 11.0. The lowest BCUT2D eigenvalue weighted by Crippen LogP contribution is -2.43. The Morgan fingerprint density at radius 2 is 2.14 bits per heavy atom. The van der Waals surface area contributed by atoms with Crippen LogP contribution in [0.2, 0.25) is 0 Å². The fraction of sp³-hybridized carbons (Fsp3) is 0.750. The smallest absolute Gasteiger partial charge is 0.328 e. The van der Waals surface area contributed by atoms with Gasteiger partial charge in [0.25, 0.3) is 0 Å². The SMILES string of the molecule is CCOCCC(=O)N[C@@H](CO)C(=O)O. The number of carboxylic acids is 1. The van der Waals surface area contributed by atoms with Crippen molar-refractivity contribution in [1.29, 1.82) is 0 Å². The highest BCUT2D eigenvalue weighted by Gasteiger charge is 2.17. The van der Waals surface area contributed by atoms with Crippen LogP contribution in [-0.4, -0.2) is 48.0 Å². The first-order valence-corrected chi connectivity index (χ1v) is 4.32. The van der Waals surface area contributed by atoms with Crippen molar-refractivity contribution in [3.05, 3.63) is 0 Å². The van der Waals surface area contributed by atoms with Gasteiger partial charge in [-0.3, -0.25) is 4.79 Å². The number of aliphatic hydroxyl groups excluding tert-OH is 1. The largest absolute Gasteiger partial charge is 0.480 e. The summed E-state index contributed by atoms with van der Waals surface area (Å²) >= 11 is 0. The van der Waals surface area contributed by atoms with Gasteiger partial charge in [-0.1, -0.05) is 0 Å². The molecule has 1 atom stereocenters. The first kappa shape index (κ1) is 12.9. The fourth-order valence-electron chi connectivity index (χ4n) is 0.761. The number of carbonyl (C=O) groups excluding carboxylic acids is 1. The maximum Gasteiger partial charge on any atom is 0.328 e. The van der Waals surface area contributed by atoms with E-state index in [1.807, 2.05) is 0 Å². The minimum Gasteiger partial charge on any atom is -0.480 e. The van der Waals surface area contributed by atoms with Crippen LogP contribution in [0.1, 0.15) is 13.3 Å². The number of aliphatic carboxylic acids is 1. The summed E-state index contributed by atoms with van der Waals surface area (Å²) in [5, 5.41) is 19.2. The van der Waals surface area contributed by atoms with Gasteiger partial charge < -0.3 is 20.3 Å². The number of aliphatic hydroxyl groups is 1. The van der Waals surface area contributed by atoms with Crippen molar-refractivity contribution in [2.45, 2.75) is 19.4 Å². The van der Waals surface area contributed by atoms with Crippen molar-refractivity contribution < 1.29 is 24.5 Å². The highest BCUT2D eigenvalue weighted by atomic mass is 16.5. The van der Waals surface area contributed by atoms with Crippen molar-refractivity contribution in [2.75, 3.05) is 19.8 Å². The highest BCUT2D eigenvalue weighted by molar-refractivity contribution is 5.83. The monoisotopic (exact) mass is 205 g/mol. The molecule has 3 N–H and O–H groups in total. The number of carboxylic acid groups (broad SMARTS) is 1. The lowest BCUT2D eigenvalue weighted by atomic mass is 10.3. The average Bonchev–Trinajstić information content (AvgIpc) is 2.14. The molecule has 0 rings (SSSR count). The van der Waals surface area contributed by atoms with Gasteiger partial charge >= 0.3 is 5.97 Å². The zero-order valence-electron chi connectivity index (χ0n) is 8.02.